The zero-order valence-electron chi connectivity index (χ0n) is 13.1. The summed E-state index contributed by atoms with van der Waals surface area (Å²) in [6.45, 7) is 7.00. The van der Waals surface area contributed by atoms with Crippen LogP contribution >= 0.6 is 11.3 Å². The highest BCUT2D eigenvalue weighted by molar-refractivity contribution is 7.91. The van der Waals surface area contributed by atoms with Crippen LogP contribution in [0.2, 0.25) is 0 Å². The molecule has 0 radical (unpaired) electrons. The van der Waals surface area contributed by atoms with Crippen molar-refractivity contribution in [2.75, 3.05) is 0 Å². The molecule has 4 nitrogen and oxygen atoms in total. The van der Waals surface area contributed by atoms with Gasteiger partial charge in [0.2, 0.25) is 10.0 Å². The number of hydrogen-bond acceptors (Lipinski definition) is 4. The van der Waals surface area contributed by atoms with E-state index < -0.39 is 10.0 Å². The van der Waals surface area contributed by atoms with Gasteiger partial charge in [-0.25, -0.2) is 13.1 Å². The van der Waals surface area contributed by atoms with E-state index in [4.69, 9.17) is 0 Å². The van der Waals surface area contributed by atoms with Crippen LogP contribution in [-0.2, 0) is 16.6 Å². The Kier molecular flexibility index (Phi) is 5.82. The summed E-state index contributed by atoms with van der Waals surface area (Å²) in [6.07, 6.45) is 4.39. The molecule has 0 bridgehead atoms. The van der Waals surface area contributed by atoms with Gasteiger partial charge in [0.15, 0.2) is 0 Å². The van der Waals surface area contributed by atoms with Gasteiger partial charge in [-0.2, -0.15) is 0 Å². The molecule has 1 saturated carbocycles. The Bertz CT molecular complexity index is 548. The van der Waals surface area contributed by atoms with Gasteiger partial charge in [0, 0.05) is 18.6 Å². The van der Waals surface area contributed by atoms with E-state index in [-0.39, 0.29) is 6.04 Å². The van der Waals surface area contributed by atoms with E-state index in [1.54, 1.807) is 6.07 Å². The minimum absolute atomic E-state index is 0.0208. The third-order valence-electron chi connectivity index (χ3n) is 3.60. The lowest BCUT2D eigenvalue weighted by molar-refractivity contribution is 0.486. The van der Waals surface area contributed by atoms with Gasteiger partial charge >= 0.3 is 0 Å². The Morgan fingerprint density at radius 1 is 1.29 bits per heavy atom. The van der Waals surface area contributed by atoms with E-state index >= 15 is 0 Å². The first-order valence-corrected chi connectivity index (χ1v) is 10.1. The van der Waals surface area contributed by atoms with Crippen LogP contribution in [0, 0.1) is 5.92 Å². The van der Waals surface area contributed by atoms with E-state index in [0.29, 0.717) is 16.2 Å². The predicted molar refractivity (Wildman–Crippen MR) is 88.0 cm³/mol. The van der Waals surface area contributed by atoms with Crippen LogP contribution in [0.25, 0.3) is 0 Å². The fourth-order valence-corrected chi connectivity index (χ4v) is 4.61. The SMILES string of the molecule is CC(C)CCC(C)NS(=O)(=O)c1cc(CNC2CC2)cs1. The predicted octanol–water partition coefficient (Wildman–Crippen LogP) is 3.10. The van der Waals surface area contributed by atoms with Crippen LogP contribution in [0.1, 0.15) is 52.0 Å². The van der Waals surface area contributed by atoms with Crippen molar-refractivity contribution in [3.63, 3.8) is 0 Å². The van der Waals surface area contributed by atoms with Gasteiger partial charge in [0.05, 0.1) is 0 Å². The molecule has 6 heteroatoms. The number of sulfonamides is 1. The summed E-state index contributed by atoms with van der Waals surface area (Å²) < 4.78 is 27.9. The average molecular weight is 331 g/mol. The van der Waals surface area contributed by atoms with Crippen LogP contribution in [0.3, 0.4) is 0 Å². The van der Waals surface area contributed by atoms with Crippen LogP contribution in [-0.4, -0.2) is 20.5 Å². The van der Waals surface area contributed by atoms with Crippen molar-refractivity contribution in [1.82, 2.24) is 10.0 Å². The van der Waals surface area contributed by atoms with E-state index in [1.807, 2.05) is 12.3 Å². The molecule has 1 heterocycles. The Morgan fingerprint density at radius 2 is 2.00 bits per heavy atom. The molecule has 2 rings (SSSR count). The summed E-state index contributed by atoms with van der Waals surface area (Å²) in [5, 5.41) is 5.34. The van der Waals surface area contributed by atoms with Gasteiger partial charge in [0.1, 0.15) is 4.21 Å². The molecule has 0 saturated heterocycles. The molecule has 120 valence electrons. The van der Waals surface area contributed by atoms with Gasteiger partial charge in [-0.3, -0.25) is 0 Å². The summed E-state index contributed by atoms with van der Waals surface area (Å²) in [7, 11) is -3.37. The highest BCUT2D eigenvalue weighted by Gasteiger charge is 2.22. The average Bonchev–Trinajstić information content (AvgIpc) is 3.09. The molecule has 2 N–H and O–H groups in total. The van der Waals surface area contributed by atoms with E-state index in [0.717, 1.165) is 24.9 Å². The Balaban J connectivity index is 1.88. The Morgan fingerprint density at radius 3 is 2.62 bits per heavy atom. The number of rotatable bonds is 9. The molecule has 21 heavy (non-hydrogen) atoms. The molecular weight excluding hydrogens is 304 g/mol. The molecule has 0 aliphatic heterocycles. The third-order valence-corrected chi connectivity index (χ3v) is 6.68. The first-order valence-electron chi connectivity index (χ1n) is 7.70. The molecule has 0 aromatic carbocycles. The summed E-state index contributed by atoms with van der Waals surface area (Å²) in [5.41, 5.74) is 1.06. The molecule has 1 fully saturated rings. The van der Waals surface area contributed by atoms with Gasteiger partial charge in [-0.1, -0.05) is 13.8 Å². The number of hydrogen-bond donors (Lipinski definition) is 2. The van der Waals surface area contributed by atoms with E-state index in [9.17, 15) is 8.42 Å². The molecule has 1 aromatic heterocycles. The van der Waals surface area contributed by atoms with Gasteiger partial charge in [-0.15, -0.1) is 11.3 Å². The number of nitrogens with one attached hydrogen (secondary N) is 2. The fourth-order valence-electron chi connectivity index (χ4n) is 2.10. The van der Waals surface area contributed by atoms with Crippen molar-refractivity contribution in [1.29, 1.82) is 0 Å². The van der Waals surface area contributed by atoms with Crippen molar-refractivity contribution in [2.45, 2.75) is 69.3 Å². The van der Waals surface area contributed by atoms with Crippen molar-refractivity contribution in [2.24, 2.45) is 5.92 Å². The molecule has 0 spiro atoms. The minimum atomic E-state index is -3.37. The Hall–Kier alpha value is -0.430. The Labute approximate surface area is 132 Å². The lowest BCUT2D eigenvalue weighted by Gasteiger charge is -2.14. The first-order chi connectivity index (χ1) is 9.87. The maximum absolute atomic E-state index is 12.3. The summed E-state index contributed by atoms with van der Waals surface area (Å²) in [6, 6.07) is 2.41. The second kappa shape index (κ2) is 7.22. The fraction of sp³-hybridized carbons (Fsp3) is 0.733. The van der Waals surface area contributed by atoms with Gasteiger partial charge in [0.25, 0.3) is 0 Å². The summed E-state index contributed by atoms with van der Waals surface area (Å²) in [5.74, 6) is 0.596. The third kappa shape index (κ3) is 5.70. The van der Waals surface area contributed by atoms with Crippen molar-refractivity contribution < 1.29 is 8.42 Å². The monoisotopic (exact) mass is 330 g/mol. The molecule has 1 atom stereocenters. The minimum Gasteiger partial charge on any atom is -0.310 e. The zero-order valence-corrected chi connectivity index (χ0v) is 14.7. The van der Waals surface area contributed by atoms with Crippen molar-refractivity contribution in [3.8, 4) is 0 Å². The largest absolute Gasteiger partial charge is 0.310 e. The molecular formula is C15H26N2O2S2. The van der Waals surface area contributed by atoms with Crippen LogP contribution < -0.4 is 10.0 Å². The van der Waals surface area contributed by atoms with Gasteiger partial charge < -0.3 is 5.32 Å². The molecule has 1 aliphatic carbocycles. The van der Waals surface area contributed by atoms with Crippen molar-refractivity contribution >= 4 is 21.4 Å². The molecule has 1 aliphatic rings. The zero-order chi connectivity index (χ0) is 15.5. The molecule has 1 unspecified atom stereocenters. The van der Waals surface area contributed by atoms with E-state index in [2.05, 4.69) is 23.9 Å². The second-order valence-electron chi connectivity index (χ2n) is 6.42. The van der Waals surface area contributed by atoms with E-state index in [1.165, 1.54) is 24.2 Å². The highest BCUT2D eigenvalue weighted by atomic mass is 32.2. The van der Waals surface area contributed by atoms with Crippen LogP contribution in [0.4, 0.5) is 0 Å². The maximum Gasteiger partial charge on any atom is 0.250 e. The van der Waals surface area contributed by atoms with Gasteiger partial charge in [-0.05, 0) is 55.5 Å². The summed E-state index contributed by atoms with van der Waals surface area (Å²) >= 11 is 1.30. The maximum atomic E-state index is 12.3. The lowest BCUT2D eigenvalue weighted by Crippen LogP contribution is -2.32. The van der Waals surface area contributed by atoms with Crippen LogP contribution in [0.5, 0.6) is 0 Å². The quantitative estimate of drug-likeness (QED) is 0.731. The number of thiophene rings is 1. The lowest BCUT2D eigenvalue weighted by atomic mass is 10.1. The second-order valence-corrected chi connectivity index (χ2v) is 9.27. The molecule has 1 aromatic rings. The smallest absolute Gasteiger partial charge is 0.250 e. The molecule has 0 amide bonds. The normalized spacial score (nSPS) is 17.3. The highest BCUT2D eigenvalue weighted by Crippen LogP contribution is 2.23. The standard InChI is InChI=1S/C15H26N2O2S2/c1-11(2)4-5-12(3)17-21(18,19)15-8-13(10-20-15)9-16-14-6-7-14/h8,10-12,14,16-17H,4-7,9H2,1-3H3. The topological polar surface area (TPSA) is 58.2 Å². The van der Waals surface area contributed by atoms with Crippen molar-refractivity contribution in [3.05, 3.63) is 17.0 Å². The van der Waals surface area contributed by atoms with Crippen LogP contribution in [0.15, 0.2) is 15.7 Å². The summed E-state index contributed by atoms with van der Waals surface area (Å²) in [4.78, 5) is 0. The first kappa shape index (κ1) is 16.9.